The Morgan fingerprint density at radius 3 is 2.71 bits per heavy atom. The van der Waals surface area contributed by atoms with Gasteiger partial charge in [-0.15, -0.1) is 0 Å². The van der Waals surface area contributed by atoms with Crippen molar-refractivity contribution in [2.45, 2.75) is 0 Å². The Labute approximate surface area is 145 Å². The van der Waals surface area contributed by atoms with E-state index >= 15 is 0 Å². The van der Waals surface area contributed by atoms with Crippen LogP contribution in [0.3, 0.4) is 0 Å². The van der Waals surface area contributed by atoms with Crippen LogP contribution in [0.5, 0.6) is 11.5 Å². The average Bonchev–Trinajstić information content (AvgIpc) is 2.59. The molecule has 0 saturated carbocycles. The summed E-state index contributed by atoms with van der Waals surface area (Å²) in [4.78, 5) is 11.9. The summed E-state index contributed by atoms with van der Waals surface area (Å²) in [7, 11) is 3.08. The van der Waals surface area contributed by atoms with Crippen LogP contribution in [0, 0.1) is 11.8 Å². The molecule has 2 N–H and O–H groups in total. The van der Waals surface area contributed by atoms with Gasteiger partial charge in [0.15, 0.2) is 0 Å². The van der Waals surface area contributed by atoms with Gasteiger partial charge in [-0.1, -0.05) is 29.5 Å². The largest absolute Gasteiger partial charge is 0.497 e. The van der Waals surface area contributed by atoms with Crippen LogP contribution in [0.2, 0.25) is 5.02 Å². The van der Waals surface area contributed by atoms with Crippen molar-refractivity contribution in [2.75, 3.05) is 26.1 Å². The summed E-state index contributed by atoms with van der Waals surface area (Å²) in [6, 6.07) is 12.0. The number of carbonyl (C=O) groups excluding carboxylic acids is 1. The van der Waals surface area contributed by atoms with Crippen molar-refractivity contribution in [3.05, 3.63) is 53.1 Å². The predicted molar refractivity (Wildman–Crippen MR) is 94.9 cm³/mol. The third-order valence-corrected chi connectivity index (χ3v) is 3.29. The van der Waals surface area contributed by atoms with Crippen molar-refractivity contribution in [2.24, 2.45) is 0 Å². The highest BCUT2D eigenvalue weighted by atomic mass is 35.5. The molecule has 5 nitrogen and oxygen atoms in total. The van der Waals surface area contributed by atoms with Crippen LogP contribution in [-0.4, -0.2) is 26.8 Å². The van der Waals surface area contributed by atoms with E-state index in [2.05, 4.69) is 22.5 Å². The predicted octanol–water partition coefficient (Wildman–Crippen LogP) is 3.53. The second-order valence-corrected chi connectivity index (χ2v) is 5.12. The molecule has 124 valence electrons. The number of benzene rings is 2. The van der Waals surface area contributed by atoms with Gasteiger partial charge in [-0.3, -0.25) is 0 Å². The van der Waals surface area contributed by atoms with Gasteiger partial charge in [0.1, 0.15) is 11.5 Å². The standard InChI is InChI=1S/C18H17ClN2O3/c1-23-15-8-9-16(17(12-15)24-2)21-18(22)20-10-4-6-13-5-3-7-14(19)11-13/h3,5,7-9,11-12H,10H2,1-2H3,(H2,20,21,22). The summed E-state index contributed by atoms with van der Waals surface area (Å²) in [6.45, 7) is 0.205. The molecule has 0 saturated heterocycles. The summed E-state index contributed by atoms with van der Waals surface area (Å²) < 4.78 is 10.3. The molecular weight excluding hydrogens is 328 g/mol. The SMILES string of the molecule is COc1ccc(NC(=O)NCC#Cc2cccc(Cl)c2)c(OC)c1. The summed E-state index contributed by atoms with van der Waals surface area (Å²) in [6.07, 6.45) is 0. The second-order valence-electron chi connectivity index (χ2n) is 4.69. The lowest BCUT2D eigenvalue weighted by molar-refractivity contribution is 0.253. The van der Waals surface area contributed by atoms with E-state index in [1.807, 2.05) is 12.1 Å². The summed E-state index contributed by atoms with van der Waals surface area (Å²) >= 11 is 5.88. The molecule has 6 heteroatoms. The molecular formula is C18H17ClN2O3. The molecule has 0 spiro atoms. The van der Waals surface area contributed by atoms with E-state index in [0.717, 1.165) is 5.56 Å². The Hall–Kier alpha value is -2.84. The third-order valence-electron chi connectivity index (χ3n) is 3.05. The molecule has 0 aliphatic heterocycles. The zero-order chi connectivity index (χ0) is 17.4. The average molecular weight is 345 g/mol. The molecule has 0 radical (unpaired) electrons. The van der Waals surface area contributed by atoms with E-state index < -0.39 is 0 Å². The molecule has 0 aliphatic rings. The smallest absolute Gasteiger partial charge is 0.320 e. The van der Waals surface area contributed by atoms with Crippen LogP contribution < -0.4 is 20.1 Å². The van der Waals surface area contributed by atoms with Crippen molar-refractivity contribution in [1.29, 1.82) is 0 Å². The van der Waals surface area contributed by atoms with Crippen LogP contribution in [-0.2, 0) is 0 Å². The fraction of sp³-hybridized carbons (Fsp3) is 0.167. The highest BCUT2D eigenvalue weighted by molar-refractivity contribution is 6.30. The highest BCUT2D eigenvalue weighted by Crippen LogP contribution is 2.28. The molecule has 2 amide bonds. The summed E-state index contributed by atoms with van der Waals surface area (Å²) in [5, 5.41) is 5.98. The van der Waals surface area contributed by atoms with E-state index in [1.165, 1.54) is 7.11 Å². The molecule has 2 aromatic carbocycles. The number of amides is 2. The first-order chi connectivity index (χ1) is 11.6. The van der Waals surface area contributed by atoms with Gasteiger partial charge in [-0.25, -0.2) is 4.79 Å². The van der Waals surface area contributed by atoms with Crippen LogP contribution in [0.1, 0.15) is 5.56 Å². The monoisotopic (exact) mass is 344 g/mol. The Morgan fingerprint density at radius 1 is 1.17 bits per heavy atom. The second kappa shape index (κ2) is 8.70. The number of urea groups is 1. The third kappa shape index (κ3) is 5.11. The van der Waals surface area contributed by atoms with E-state index in [1.54, 1.807) is 37.4 Å². The van der Waals surface area contributed by atoms with E-state index in [9.17, 15) is 4.79 Å². The van der Waals surface area contributed by atoms with E-state index in [4.69, 9.17) is 21.1 Å². The Kier molecular flexibility index (Phi) is 6.35. The number of nitrogens with one attached hydrogen (secondary N) is 2. The number of ether oxygens (including phenoxy) is 2. The zero-order valence-corrected chi connectivity index (χ0v) is 14.1. The number of methoxy groups -OCH3 is 2. The highest BCUT2D eigenvalue weighted by Gasteiger charge is 2.07. The minimum Gasteiger partial charge on any atom is -0.497 e. The number of rotatable bonds is 4. The Bertz CT molecular complexity index is 781. The molecule has 0 bridgehead atoms. The molecule has 2 rings (SSSR count). The van der Waals surface area contributed by atoms with Crippen molar-refractivity contribution in [1.82, 2.24) is 5.32 Å². The first-order valence-electron chi connectivity index (χ1n) is 7.13. The fourth-order valence-corrected chi connectivity index (χ4v) is 2.10. The van der Waals surface area contributed by atoms with Crippen LogP contribution in [0.4, 0.5) is 10.5 Å². The van der Waals surface area contributed by atoms with Crippen molar-refractivity contribution in [3.63, 3.8) is 0 Å². The maximum Gasteiger partial charge on any atom is 0.320 e. The summed E-state index contributed by atoms with van der Waals surface area (Å²) in [5.74, 6) is 6.94. The number of carbonyl (C=O) groups is 1. The zero-order valence-electron chi connectivity index (χ0n) is 13.4. The first-order valence-corrected chi connectivity index (χ1v) is 7.51. The number of hydrogen-bond donors (Lipinski definition) is 2. The minimum absolute atomic E-state index is 0.205. The van der Waals surface area contributed by atoms with Crippen molar-refractivity contribution < 1.29 is 14.3 Å². The lowest BCUT2D eigenvalue weighted by Gasteiger charge is -2.11. The van der Waals surface area contributed by atoms with Gasteiger partial charge in [0, 0.05) is 16.7 Å². The maximum absolute atomic E-state index is 11.9. The van der Waals surface area contributed by atoms with Crippen LogP contribution >= 0.6 is 11.6 Å². The van der Waals surface area contributed by atoms with Gasteiger partial charge in [0.05, 0.1) is 26.5 Å². The lowest BCUT2D eigenvalue weighted by Crippen LogP contribution is -2.29. The molecule has 24 heavy (non-hydrogen) atoms. The number of anilines is 1. The van der Waals surface area contributed by atoms with Gasteiger partial charge in [0.25, 0.3) is 0 Å². The van der Waals surface area contributed by atoms with Gasteiger partial charge < -0.3 is 20.1 Å². The Balaban J connectivity index is 1.90. The quantitative estimate of drug-likeness (QED) is 0.834. The van der Waals surface area contributed by atoms with Crippen molar-refractivity contribution in [3.8, 4) is 23.3 Å². The Morgan fingerprint density at radius 2 is 2.00 bits per heavy atom. The van der Waals surface area contributed by atoms with E-state index in [0.29, 0.717) is 22.2 Å². The maximum atomic E-state index is 11.9. The van der Waals surface area contributed by atoms with Gasteiger partial charge in [-0.2, -0.15) is 0 Å². The molecule has 2 aromatic rings. The molecule has 0 unspecified atom stereocenters. The molecule has 0 fully saturated rings. The molecule has 0 aromatic heterocycles. The normalized spacial score (nSPS) is 9.46. The summed E-state index contributed by atoms with van der Waals surface area (Å²) in [5.41, 5.74) is 1.33. The lowest BCUT2D eigenvalue weighted by atomic mass is 10.2. The number of halogens is 1. The minimum atomic E-state index is -0.376. The van der Waals surface area contributed by atoms with E-state index in [-0.39, 0.29) is 12.6 Å². The van der Waals surface area contributed by atoms with Crippen LogP contribution in [0.15, 0.2) is 42.5 Å². The molecule has 0 heterocycles. The van der Waals surface area contributed by atoms with Gasteiger partial charge >= 0.3 is 6.03 Å². The number of hydrogen-bond acceptors (Lipinski definition) is 3. The van der Waals surface area contributed by atoms with Crippen LogP contribution in [0.25, 0.3) is 0 Å². The molecule has 0 atom stereocenters. The molecule has 0 aliphatic carbocycles. The first kappa shape index (κ1) is 17.5. The van der Waals surface area contributed by atoms with Gasteiger partial charge in [-0.05, 0) is 30.3 Å². The topological polar surface area (TPSA) is 59.6 Å². The van der Waals surface area contributed by atoms with Crippen molar-refractivity contribution >= 4 is 23.3 Å². The fourth-order valence-electron chi connectivity index (χ4n) is 1.91. The van der Waals surface area contributed by atoms with Gasteiger partial charge in [0.2, 0.25) is 0 Å².